The van der Waals surface area contributed by atoms with Crippen molar-refractivity contribution in [2.75, 3.05) is 0 Å². The Morgan fingerprint density at radius 3 is 1.68 bits per heavy atom. The van der Waals surface area contributed by atoms with Gasteiger partial charge in [0.2, 0.25) is 0 Å². The van der Waals surface area contributed by atoms with E-state index in [1.165, 1.54) is 0 Å². The Balaban J connectivity index is 1.17. The lowest BCUT2D eigenvalue weighted by atomic mass is 9.97. The largest absolute Gasteiger partial charge is 0.284 e. The number of hydrogen-bond acceptors (Lipinski definition) is 7. The number of imidazole rings is 1. The van der Waals surface area contributed by atoms with Gasteiger partial charge in [0.25, 0.3) is 0 Å². The lowest BCUT2D eigenvalue weighted by molar-refractivity contribution is 1.07. The van der Waals surface area contributed by atoms with E-state index >= 15 is 0 Å². The number of rotatable bonds is 5. The van der Waals surface area contributed by atoms with Gasteiger partial charge in [-0.15, -0.1) is 0 Å². The minimum absolute atomic E-state index is 0.551. The fraction of sp³-hybridized carbons (Fsp3) is 0. The highest BCUT2D eigenvalue weighted by Crippen LogP contribution is 2.35. The van der Waals surface area contributed by atoms with E-state index in [2.05, 4.69) is 70.6 Å². The summed E-state index contributed by atoms with van der Waals surface area (Å²) in [5, 5.41) is 2.14. The Labute approximate surface area is 269 Å². The number of fused-ring (bicyclic) bond motifs is 5. The monoisotopic (exact) mass is 604 g/mol. The maximum atomic E-state index is 5.20. The normalized spacial score (nSPS) is 11.4. The smallest absolute Gasteiger partial charge is 0.165 e. The summed E-state index contributed by atoms with van der Waals surface area (Å²) < 4.78 is 2.05. The highest BCUT2D eigenvalue weighted by Gasteiger charge is 2.16. The summed E-state index contributed by atoms with van der Waals surface area (Å²) in [7, 11) is 0. The third-order valence-electron chi connectivity index (χ3n) is 8.22. The number of aromatic nitrogens is 8. The fourth-order valence-electron chi connectivity index (χ4n) is 5.99. The SMILES string of the molecule is c1cncc(-c2nc(-c3cccnc3)nc(-c3cccc(-c4cccc(-c5nc6c(nc7ccccn76)c6ccccc56)c4)c3)n2)c1. The van der Waals surface area contributed by atoms with Crippen molar-refractivity contribution in [3.63, 3.8) is 0 Å². The summed E-state index contributed by atoms with van der Waals surface area (Å²) >= 11 is 0. The van der Waals surface area contributed by atoms with Crippen molar-refractivity contribution in [1.29, 1.82) is 0 Å². The molecule has 9 aromatic rings. The van der Waals surface area contributed by atoms with Crippen LogP contribution in [-0.2, 0) is 0 Å². The Morgan fingerprint density at radius 2 is 1.00 bits per heavy atom. The van der Waals surface area contributed by atoms with E-state index in [-0.39, 0.29) is 0 Å². The van der Waals surface area contributed by atoms with Crippen molar-refractivity contribution in [3.05, 3.63) is 146 Å². The molecule has 6 aromatic heterocycles. The molecule has 0 unspecified atom stereocenters. The summed E-state index contributed by atoms with van der Waals surface area (Å²) in [6, 6.07) is 38.8. The van der Waals surface area contributed by atoms with Gasteiger partial charge in [0.05, 0.1) is 5.69 Å². The lowest BCUT2D eigenvalue weighted by Crippen LogP contribution is -2.00. The van der Waals surface area contributed by atoms with Crippen molar-refractivity contribution >= 4 is 27.6 Å². The first-order chi connectivity index (χ1) is 23.3. The first kappa shape index (κ1) is 26.7. The molecule has 0 fully saturated rings. The molecular formula is C39H24N8. The third kappa shape index (κ3) is 4.76. The average Bonchev–Trinajstić information content (AvgIpc) is 3.54. The summed E-state index contributed by atoms with van der Waals surface area (Å²) in [5.41, 5.74) is 9.14. The van der Waals surface area contributed by atoms with Gasteiger partial charge in [-0.05, 0) is 59.7 Å². The Morgan fingerprint density at radius 1 is 0.426 bits per heavy atom. The topological polar surface area (TPSA) is 94.6 Å². The van der Waals surface area contributed by atoms with Crippen LogP contribution >= 0.6 is 0 Å². The molecule has 8 nitrogen and oxygen atoms in total. The molecular weight excluding hydrogens is 580 g/mol. The molecule has 0 saturated carbocycles. The second-order valence-corrected chi connectivity index (χ2v) is 11.2. The van der Waals surface area contributed by atoms with E-state index in [1.807, 2.05) is 65.2 Å². The number of pyridine rings is 4. The van der Waals surface area contributed by atoms with Gasteiger partial charge in [-0.1, -0.05) is 66.7 Å². The van der Waals surface area contributed by atoms with Crippen LogP contribution in [0.1, 0.15) is 0 Å². The molecule has 0 N–H and O–H groups in total. The lowest BCUT2D eigenvalue weighted by Gasteiger charge is -2.11. The molecule has 0 aliphatic rings. The standard InChI is InChI=1S/C39H24N8/c1-2-16-32-31(15-1)34(43-39-35(32)42-33-17-3-4-20-47(33)39)27-11-5-9-25(21-27)26-10-6-12-28(22-26)36-44-37(29-13-7-18-40-23-29)46-38(45-36)30-14-8-19-41-24-30/h1-24H. The average molecular weight is 605 g/mol. The van der Waals surface area contributed by atoms with Crippen molar-refractivity contribution in [3.8, 4) is 56.5 Å². The van der Waals surface area contributed by atoms with Crippen LogP contribution in [0.15, 0.2) is 146 Å². The molecule has 220 valence electrons. The van der Waals surface area contributed by atoms with Gasteiger partial charge >= 0.3 is 0 Å². The van der Waals surface area contributed by atoms with Crippen LogP contribution in [0, 0.1) is 0 Å². The van der Waals surface area contributed by atoms with Crippen LogP contribution in [0.5, 0.6) is 0 Å². The molecule has 0 saturated heterocycles. The zero-order valence-electron chi connectivity index (χ0n) is 24.9. The van der Waals surface area contributed by atoms with Gasteiger partial charge in [-0.25, -0.2) is 24.9 Å². The van der Waals surface area contributed by atoms with Gasteiger partial charge in [-0.3, -0.25) is 14.4 Å². The zero-order chi connectivity index (χ0) is 31.2. The molecule has 0 atom stereocenters. The van der Waals surface area contributed by atoms with Gasteiger partial charge in [0.1, 0.15) is 11.2 Å². The fourth-order valence-corrected chi connectivity index (χ4v) is 5.99. The van der Waals surface area contributed by atoms with Crippen LogP contribution in [0.4, 0.5) is 0 Å². The molecule has 0 bridgehead atoms. The summed E-state index contributed by atoms with van der Waals surface area (Å²) in [6.07, 6.45) is 9.00. The summed E-state index contributed by atoms with van der Waals surface area (Å²) in [5.74, 6) is 1.67. The van der Waals surface area contributed by atoms with Crippen LogP contribution in [0.3, 0.4) is 0 Å². The second kappa shape index (κ2) is 11.0. The van der Waals surface area contributed by atoms with Gasteiger partial charge in [0, 0.05) is 64.0 Å². The Hall–Kier alpha value is -6.67. The van der Waals surface area contributed by atoms with Crippen LogP contribution in [0.25, 0.3) is 84.1 Å². The van der Waals surface area contributed by atoms with Crippen molar-refractivity contribution in [2.24, 2.45) is 0 Å². The zero-order valence-corrected chi connectivity index (χ0v) is 24.9. The summed E-state index contributed by atoms with van der Waals surface area (Å²) in [6.45, 7) is 0. The molecule has 3 aromatic carbocycles. The number of nitrogens with zero attached hydrogens (tertiary/aromatic N) is 8. The predicted molar refractivity (Wildman–Crippen MR) is 184 cm³/mol. The highest BCUT2D eigenvalue weighted by molar-refractivity contribution is 6.09. The van der Waals surface area contributed by atoms with Gasteiger partial charge in [-0.2, -0.15) is 0 Å². The minimum Gasteiger partial charge on any atom is -0.284 e. The maximum Gasteiger partial charge on any atom is 0.165 e. The molecule has 0 amide bonds. The quantitative estimate of drug-likeness (QED) is 0.195. The molecule has 8 heteroatoms. The first-order valence-corrected chi connectivity index (χ1v) is 15.2. The van der Waals surface area contributed by atoms with Crippen LogP contribution < -0.4 is 0 Å². The van der Waals surface area contributed by atoms with E-state index < -0.39 is 0 Å². The summed E-state index contributed by atoms with van der Waals surface area (Å²) in [4.78, 5) is 33.2. The van der Waals surface area contributed by atoms with Gasteiger partial charge < -0.3 is 0 Å². The highest BCUT2D eigenvalue weighted by atomic mass is 15.1. The first-order valence-electron chi connectivity index (χ1n) is 15.2. The van der Waals surface area contributed by atoms with Crippen molar-refractivity contribution in [2.45, 2.75) is 0 Å². The predicted octanol–water partition coefficient (Wildman–Crippen LogP) is 8.35. The molecule has 9 rings (SSSR count). The molecule has 47 heavy (non-hydrogen) atoms. The van der Waals surface area contributed by atoms with E-state index in [0.29, 0.717) is 17.5 Å². The molecule has 0 radical (unpaired) electrons. The van der Waals surface area contributed by atoms with E-state index in [0.717, 1.165) is 66.7 Å². The number of benzene rings is 3. The maximum absolute atomic E-state index is 5.20. The second-order valence-electron chi connectivity index (χ2n) is 11.2. The van der Waals surface area contributed by atoms with Crippen LogP contribution in [-0.4, -0.2) is 39.3 Å². The van der Waals surface area contributed by atoms with E-state index in [4.69, 9.17) is 24.9 Å². The molecule has 0 aliphatic carbocycles. The molecule has 6 heterocycles. The van der Waals surface area contributed by atoms with Crippen LogP contribution in [0.2, 0.25) is 0 Å². The minimum atomic E-state index is 0.551. The van der Waals surface area contributed by atoms with Crippen molar-refractivity contribution in [1.82, 2.24) is 39.3 Å². The van der Waals surface area contributed by atoms with Gasteiger partial charge in [0.15, 0.2) is 23.1 Å². The van der Waals surface area contributed by atoms with Crippen molar-refractivity contribution < 1.29 is 0 Å². The Kier molecular flexibility index (Phi) is 6.28. The molecule has 0 spiro atoms. The van der Waals surface area contributed by atoms with E-state index in [9.17, 15) is 0 Å². The molecule has 0 aliphatic heterocycles. The van der Waals surface area contributed by atoms with E-state index in [1.54, 1.807) is 24.8 Å². The number of hydrogen-bond donors (Lipinski definition) is 0. The Bertz CT molecular complexity index is 2520. The third-order valence-corrected chi connectivity index (χ3v) is 8.22.